The monoisotopic (exact) mass is 297 g/mol. The predicted octanol–water partition coefficient (Wildman–Crippen LogP) is 0.695. The molecule has 2 rings (SSSR count). The fraction of sp³-hybridized carbons (Fsp3) is 0.500. The minimum atomic E-state index is -3.28. The lowest BCUT2D eigenvalue weighted by molar-refractivity contribution is 0.0410. The first kappa shape index (κ1) is 15.0. The van der Waals surface area contributed by atoms with E-state index in [0.29, 0.717) is 5.56 Å². The van der Waals surface area contributed by atoms with Crippen molar-refractivity contribution in [2.24, 2.45) is 0 Å². The summed E-state index contributed by atoms with van der Waals surface area (Å²) in [6.45, 7) is 3.64. The Balaban J connectivity index is 2.31. The predicted molar refractivity (Wildman–Crippen MR) is 76.2 cm³/mol. The van der Waals surface area contributed by atoms with Crippen LogP contribution in [0.4, 0.5) is 0 Å². The SMILES string of the molecule is CC(C)N(C(=O)c1ccccc1)[C@@H]1CS(=O)(=O)C[C@H]1O. The first-order valence-electron chi connectivity index (χ1n) is 6.58. The van der Waals surface area contributed by atoms with Crippen molar-refractivity contribution in [3.8, 4) is 0 Å². The Morgan fingerprint density at radius 3 is 2.30 bits per heavy atom. The molecule has 0 aromatic heterocycles. The van der Waals surface area contributed by atoms with E-state index in [9.17, 15) is 18.3 Å². The van der Waals surface area contributed by atoms with Crippen molar-refractivity contribution in [2.45, 2.75) is 32.0 Å². The van der Waals surface area contributed by atoms with Gasteiger partial charge in [0.25, 0.3) is 5.91 Å². The van der Waals surface area contributed by atoms with Crippen LogP contribution in [0.25, 0.3) is 0 Å². The van der Waals surface area contributed by atoms with Crippen LogP contribution in [0.5, 0.6) is 0 Å². The number of aliphatic hydroxyl groups excluding tert-OH is 1. The molecule has 1 heterocycles. The van der Waals surface area contributed by atoms with Crippen LogP contribution in [-0.4, -0.2) is 54.0 Å². The average Bonchev–Trinajstić information content (AvgIpc) is 2.63. The summed E-state index contributed by atoms with van der Waals surface area (Å²) in [4.78, 5) is 14.0. The zero-order chi connectivity index (χ0) is 14.9. The van der Waals surface area contributed by atoms with Crippen molar-refractivity contribution in [2.75, 3.05) is 11.5 Å². The van der Waals surface area contributed by atoms with Gasteiger partial charge in [-0.05, 0) is 26.0 Å². The molecule has 0 bridgehead atoms. The number of nitrogens with zero attached hydrogens (tertiary/aromatic N) is 1. The largest absolute Gasteiger partial charge is 0.390 e. The summed E-state index contributed by atoms with van der Waals surface area (Å²) in [5.41, 5.74) is 0.498. The van der Waals surface area contributed by atoms with Crippen molar-refractivity contribution < 1.29 is 18.3 Å². The van der Waals surface area contributed by atoms with Gasteiger partial charge in [0, 0.05) is 11.6 Å². The normalized spacial score (nSPS) is 24.8. The molecule has 1 N–H and O–H groups in total. The van der Waals surface area contributed by atoms with E-state index >= 15 is 0 Å². The Morgan fingerprint density at radius 2 is 1.85 bits per heavy atom. The molecule has 20 heavy (non-hydrogen) atoms. The Morgan fingerprint density at radius 1 is 1.25 bits per heavy atom. The van der Waals surface area contributed by atoms with Gasteiger partial charge in [-0.15, -0.1) is 0 Å². The number of carbonyl (C=O) groups excluding carboxylic acids is 1. The van der Waals surface area contributed by atoms with Gasteiger partial charge in [0.15, 0.2) is 9.84 Å². The molecule has 0 aliphatic carbocycles. The highest BCUT2D eigenvalue weighted by Gasteiger charge is 2.42. The fourth-order valence-corrected chi connectivity index (χ4v) is 4.36. The smallest absolute Gasteiger partial charge is 0.254 e. The number of aliphatic hydroxyl groups is 1. The summed E-state index contributed by atoms with van der Waals surface area (Å²) in [5.74, 6) is -0.699. The Labute approximate surface area is 119 Å². The van der Waals surface area contributed by atoms with Crippen LogP contribution in [-0.2, 0) is 9.84 Å². The van der Waals surface area contributed by atoms with Crippen LogP contribution in [0.3, 0.4) is 0 Å². The van der Waals surface area contributed by atoms with Gasteiger partial charge >= 0.3 is 0 Å². The van der Waals surface area contributed by atoms with E-state index in [1.807, 2.05) is 19.9 Å². The summed E-state index contributed by atoms with van der Waals surface area (Å²) >= 11 is 0. The zero-order valence-corrected chi connectivity index (χ0v) is 12.4. The maximum atomic E-state index is 12.5. The van der Waals surface area contributed by atoms with Crippen molar-refractivity contribution >= 4 is 15.7 Å². The first-order chi connectivity index (χ1) is 9.32. The van der Waals surface area contributed by atoms with Crippen molar-refractivity contribution in [1.29, 1.82) is 0 Å². The van der Waals surface area contributed by atoms with E-state index < -0.39 is 22.0 Å². The minimum absolute atomic E-state index is 0.176. The number of sulfone groups is 1. The summed E-state index contributed by atoms with van der Waals surface area (Å²) in [6.07, 6.45) is -1.02. The minimum Gasteiger partial charge on any atom is -0.390 e. The third-order valence-corrected chi connectivity index (χ3v) is 5.16. The standard InChI is InChI=1S/C14H19NO4S/c1-10(2)15(12-8-20(18,19)9-13(12)16)14(17)11-6-4-3-5-7-11/h3-7,10,12-13,16H,8-9H2,1-2H3/t12-,13-/m1/s1. The highest BCUT2D eigenvalue weighted by Crippen LogP contribution is 2.22. The molecule has 2 atom stereocenters. The van der Waals surface area contributed by atoms with E-state index in [-0.39, 0.29) is 23.5 Å². The molecule has 6 heteroatoms. The van der Waals surface area contributed by atoms with Gasteiger partial charge in [-0.1, -0.05) is 18.2 Å². The first-order valence-corrected chi connectivity index (χ1v) is 8.40. The summed E-state index contributed by atoms with van der Waals surface area (Å²) in [6, 6.07) is 7.84. The molecule has 1 aliphatic heterocycles. The van der Waals surface area contributed by atoms with E-state index in [4.69, 9.17) is 0 Å². The molecule has 0 spiro atoms. The molecule has 110 valence electrons. The second kappa shape index (κ2) is 5.54. The van der Waals surface area contributed by atoms with E-state index in [1.54, 1.807) is 24.3 Å². The van der Waals surface area contributed by atoms with Gasteiger partial charge in [-0.25, -0.2) is 8.42 Å². The fourth-order valence-electron chi connectivity index (χ4n) is 2.57. The van der Waals surface area contributed by atoms with Crippen LogP contribution < -0.4 is 0 Å². The Hall–Kier alpha value is -1.40. The van der Waals surface area contributed by atoms with E-state index in [2.05, 4.69) is 0 Å². The van der Waals surface area contributed by atoms with E-state index in [1.165, 1.54) is 4.90 Å². The Bertz CT molecular complexity index is 582. The number of carbonyl (C=O) groups is 1. The van der Waals surface area contributed by atoms with Gasteiger partial charge in [0.05, 0.1) is 23.7 Å². The van der Waals surface area contributed by atoms with Crippen LogP contribution in [0.15, 0.2) is 30.3 Å². The topological polar surface area (TPSA) is 74.7 Å². The van der Waals surface area contributed by atoms with Crippen molar-refractivity contribution in [3.05, 3.63) is 35.9 Å². The summed E-state index contributed by atoms with van der Waals surface area (Å²) in [7, 11) is -3.28. The molecule has 1 amide bonds. The van der Waals surface area contributed by atoms with E-state index in [0.717, 1.165) is 0 Å². The number of benzene rings is 1. The molecule has 1 aliphatic rings. The van der Waals surface area contributed by atoms with Gasteiger partial charge in [-0.2, -0.15) is 0 Å². The van der Waals surface area contributed by atoms with Crippen molar-refractivity contribution in [1.82, 2.24) is 4.90 Å². The molecular formula is C14H19NO4S. The molecule has 0 unspecified atom stereocenters. The van der Waals surface area contributed by atoms with Crippen LogP contribution in [0.2, 0.25) is 0 Å². The lowest BCUT2D eigenvalue weighted by Crippen LogP contribution is -2.50. The highest BCUT2D eigenvalue weighted by atomic mass is 32.2. The number of amides is 1. The molecule has 0 radical (unpaired) electrons. The van der Waals surface area contributed by atoms with Gasteiger partial charge in [0.1, 0.15) is 0 Å². The van der Waals surface area contributed by atoms with Gasteiger partial charge < -0.3 is 10.0 Å². The second-order valence-corrected chi connectivity index (χ2v) is 7.54. The molecule has 1 saturated heterocycles. The highest BCUT2D eigenvalue weighted by molar-refractivity contribution is 7.91. The second-order valence-electron chi connectivity index (χ2n) is 5.38. The Kier molecular flexibility index (Phi) is 4.15. The summed E-state index contributed by atoms with van der Waals surface area (Å²) < 4.78 is 23.3. The number of rotatable bonds is 3. The molecule has 1 fully saturated rings. The number of hydrogen-bond donors (Lipinski definition) is 1. The third kappa shape index (κ3) is 3.02. The molecule has 1 aromatic rings. The zero-order valence-electron chi connectivity index (χ0n) is 11.6. The molecule has 1 aromatic carbocycles. The number of hydrogen-bond acceptors (Lipinski definition) is 4. The molecule has 0 saturated carbocycles. The van der Waals surface area contributed by atoms with Gasteiger partial charge in [-0.3, -0.25) is 4.79 Å². The maximum Gasteiger partial charge on any atom is 0.254 e. The molecular weight excluding hydrogens is 278 g/mol. The van der Waals surface area contributed by atoms with Crippen LogP contribution in [0, 0.1) is 0 Å². The lowest BCUT2D eigenvalue weighted by Gasteiger charge is -2.33. The average molecular weight is 297 g/mol. The summed E-state index contributed by atoms with van der Waals surface area (Å²) in [5, 5.41) is 9.97. The molecule has 5 nitrogen and oxygen atoms in total. The maximum absolute atomic E-state index is 12.5. The van der Waals surface area contributed by atoms with Crippen molar-refractivity contribution in [3.63, 3.8) is 0 Å². The van der Waals surface area contributed by atoms with Gasteiger partial charge in [0.2, 0.25) is 0 Å². The van der Waals surface area contributed by atoms with Crippen LogP contribution >= 0.6 is 0 Å². The third-order valence-electron chi connectivity index (χ3n) is 3.46. The quantitative estimate of drug-likeness (QED) is 0.891. The van der Waals surface area contributed by atoms with Crippen LogP contribution in [0.1, 0.15) is 24.2 Å². The lowest BCUT2D eigenvalue weighted by atomic mass is 10.1.